The zero-order valence-corrected chi connectivity index (χ0v) is 26.9. The van der Waals surface area contributed by atoms with Crippen LogP contribution in [0.4, 0.5) is 17.1 Å². The van der Waals surface area contributed by atoms with Crippen LogP contribution in [-0.4, -0.2) is 33.9 Å². The third-order valence-corrected chi connectivity index (χ3v) is 10.4. The molecule has 7 rings (SSSR count). The summed E-state index contributed by atoms with van der Waals surface area (Å²) in [5, 5.41) is 1.02. The maximum Gasteiger partial charge on any atom is 0.175 e. The molecule has 0 aliphatic carbocycles. The Morgan fingerprint density at radius 2 is 1.31 bits per heavy atom. The highest BCUT2D eigenvalue weighted by molar-refractivity contribution is 7.99. The number of hydrogen-bond acceptors (Lipinski definition) is 7. The quantitative estimate of drug-likeness (QED) is 0.181. The fourth-order valence-electron chi connectivity index (χ4n) is 5.89. The second-order valence-electron chi connectivity index (χ2n) is 10.9. The summed E-state index contributed by atoms with van der Waals surface area (Å²) in [5.74, 6) is 1.27. The summed E-state index contributed by atoms with van der Waals surface area (Å²) < 4.78 is 35.7. The van der Waals surface area contributed by atoms with Gasteiger partial charge in [0.15, 0.2) is 21.3 Å². The van der Waals surface area contributed by atoms with Gasteiger partial charge in [-0.2, -0.15) is 0 Å². The lowest BCUT2D eigenvalue weighted by molar-refractivity contribution is 0.355. The Bertz CT molecular complexity index is 2170. The van der Waals surface area contributed by atoms with Crippen LogP contribution in [-0.2, 0) is 9.84 Å². The molecule has 1 aliphatic rings. The van der Waals surface area contributed by atoms with Gasteiger partial charge in [-0.1, -0.05) is 60.3 Å². The van der Waals surface area contributed by atoms with Crippen molar-refractivity contribution in [2.45, 2.75) is 21.6 Å². The van der Waals surface area contributed by atoms with Crippen molar-refractivity contribution in [3.8, 4) is 33.9 Å². The fraction of sp³-hybridized carbons (Fsp3) is 0.108. The van der Waals surface area contributed by atoms with Crippen LogP contribution < -0.4 is 14.4 Å². The Kier molecular flexibility index (Phi) is 7.26. The van der Waals surface area contributed by atoms with Crippen LogP contribution >= 0.6 is 11.8 Å². The summed E-state index contributed by atoms with van der Waals surface area (Å²) in [4.78, 5) is 10.2. The second kappa shape index (κ2) is 11.3. The van der Waals surface area contributed by atoms with Gasteiger partial charge in [-0.05, 0) is 84.3 Å². The highest BCUT2D eigenvalue weighted by atomic mass is 32.2. The first-order valence-electron chi connectivity index (χ1n) is 14.4. The standard InChI is InChI=1S/C37H30N2O4S2/c1-23-13-19-31(39-29-9-5-7-11-34(29)44-35-12-8-6-10-30(35)39)37-36(23)27(25-16-20-32(42-2)33(21-25)43-3)22-28(38-37)24-14-17-26(18-15-24)45(4,40)41/h5-22H,1-4H3. The van der Waals surface area contributed by atoms with Crippen LogP contribution in [0.2, 0.25) is 0 Å². The van der Waals surface area contributed by atoms with Crippen molar-refractivity contribution >= 4 is 49.6 Å². The monoisotopic (exact) mass is 630 g/mol. The minimum atomic E-state index is -3.34. The smallest absolute Gasteiger partial charge is 0.175 e. The molecule has 0 N–H and O–H groups in total. The van der Waals surface area contributed by atoms with Crippen molar-refractivity contribution in [3.63, 3.8) is 0 Å². The number of pyridine rings is 1. The zero-order chi connectivity index (χ0) is 31.3. The van der Waals surface area contributed by atoms with Gasteiger partial charge >= 0.3 is 0 Å². The number of nitrogens with zero attached hydrogens (tertiary/aromatic N) is 2. The number of aromatic nitrogens is 1. The molecule has 1 aliphatic heterocycles. The lowest BCUT2D eigenvalue weighted by atomic mass is 9.94. The molecule has 45 heavy (non-hydrogen) atoms. The number of fused-ring (bicyclic) bond motifs is 3. The molecule has 2 heterocycles. The fourth-order valence-corrected chi connectivity index (χ4v) is 7.58. The number of ether oxygens (including phenoxy) is 2. The molecular weight excluding hydrogens is 601 g/mol. The molecule has 0 unspecified atom stereocenters. The summed E-state index contributed by atoms with van der Waals surface area (Å²) in [6, 6.07) is 36.1. The van der Waals surface area contributed by atoms with E-state index in [2.05, 4.69) is 78.6 Å². The molecule has 0 radical (unpaired) electrons. The summed E-state index contributed by atoms with van der Waals surface area (Å²) in [7, 11) is -0.0822. The van der Waals surface area contributed by atoms with Crippen molar-refractivity contribution in [1.82, 2.24) is 4.98 Å². The zero-order valence-electron chi connectivity index (χ0n) is 25.2. The van der Waals surface area contributed by atoms with Gasteiger partial charge in [0.1, 0.15) is 0 Å². The molecule has 0 spiro atoms. The van der Waals surface area contributed by atoms with Gasteiger partial charge < -0.3 is 14.4 Å². The van der Waals surface area contributed by atoms with E-state index in [0.717, 1.165) is 65.7 Å². The van der Waals surface area contributed by atoms with Crippen molar-refractivity contribution in [3.05, 3.63) is 115 Å². The van der Waals surface area contributed by atoms with E-state index in [0.29, 0.717) is 11.5 Å². The molecule has 6 aromatic rings. The third kappa shape index (κ3) is 5.10. The van der Waals surface area contributed by atoms with Crippen molar-refractivity contribution in [2.24, 2.45) is 0 Å². The average Bonchev–Trinajstić information content (AvgIpc) is 3.06. The number of para-hydroxylation sites is 2. The molecule has 0 atom stereocenters. The van der Waals surface area contributed by atoms with Crippen LogP contribution in [0.25, 0.3) is 33.3 Å². The number of aryl methyl sites for hydroxylation is 1. The largest absolute Gasteiger partial charge is 0.493 e. The van der Waals surface area contributed by atoms with Crippen molar-refractivity contribution in [2.75, 3.05) is 25.4 Å². The Hall–Kier alpha value is -4.79. The van der Waals surface area contributed by atoms with Gasteiger partial charge in [-0.15, -0.1) is 0 Å². The molecule has 0 saturated heterocycles. The van der Waals surface area contributed by atoms with Gasteiger partial charge in [-0.3, -0.25) is 0 Å². The highest BCUT2D eigenvalue weighted by Gasteiger charge is 2.27. The molecule has 0 fully saturated rings. The van der Waals surface area contributed by atoms with E-state index in [-0.39, 0.29) is 4.90 Å². The van der Waals surface area contributed by atoms with E-state index in [1.54, 1.807) is 38.1 Å². The van der Waals surface area contributed by atoms with Gasteiger partial charge in [0.25, 0.3) is 0 Å². The molecule has 6 nitrogen and oxygen atoms in total. The predicted octanol–water partition coefficient (Wildman–Crippen LogP) is 9.23. The Morgan fingerprint density at radius 3 is 1.93 bits per heavy atom. The summed E-state index contributed by atoms with van der Waals surface area (Å²) >= 11 is 1.76. The van der Waals surface area contributed by atoms with Gasteiger partial charge in [0.05, 0.1) is 47.4 Å². The topological polar surface area (TPSA) is 68.7 Å². The lowest BCUT2D eigenvalue weighted by Crippen LogP contribution is -2.15. The molecular formula is C37H30N2O4S2. The molecule has 1 aromatic heterocycles. The highest BCUT2D eigenvalue weighted by Crippen LogP contribution is 2.53. The minimum Gasteiger partial charge on any atom is -0.493 e. The number of sulfone groups is 1. The Labute approximate surface area is 267 Å². The first-order chi connectivity index (χ1) is 21.8. The van der Waals surface area contributed by atoms with Crippen molar-refractivity contribution in [1.29, 1.82) is 0 Å². The van der Waals surface area contributed by atoms with E-state index in [9.17, 15) is 8.42 Å². The van der Waals surface area contributed by atoms with Crippen LogP contribution in [0.1, 0.15) is 5.56 Å². The molecule has 5 aromatic carbocycles. The Morgan fingerprint density at radius 1 is 0.689 bits per heavy atom. The number of hydrogen-bond donors (Lipinski definition) is 0. The van der Waals surface area contributed by atoms with Crippen LogP contribution in [0, 0.1) is 6.92 Å². The SMILES string of the molecule is COc1ccc(-c2cc(-c3ccc(S(C)(=O)=O)cc3)nc3c(N4c5ccccc5Sc5ccccc54)ccc(C)c23)cc1OC. The third-order valence-electron chi connectivity index (χ3n) is 8.09. The summed E-state index contributed by atoms with van der Waals surface area (Å²) in [6.07, 6.45) is 1.22. The van der Waals surface area contributed by atoms with E-state index in [1.807, 2.05) is 30.3 Å². The number of methoxy groups -OCH3 is 2. The average molecular weight is 631 g/mol. The summed E-state index contributed by atoms with van der Waals surface area (Å²) in [5.41, 5.74) is 8.51. The molecule has 224 valence electrons. The van der Waals surface area contributed by atoms with E-state index in [4.69, 9.17) is 14.5 Å². The lowest BCUT2D eigenvalue weighted by Gasteiger charge is -2.33. The number of anilines is 3. The first kappa shape index (κ1) is 29.0. The molecule has 0 bridgehead atoms. The molecule has 0 saturated carbocycles. The molecule has 0 amide bonds. The van der Waals surface area contributed by atoms with Gasteiger partial charge in [0.2, 0.25) is 0 Å². The number of benzene rings is 5. The van der Waals surface area contributed by atoms with Crippen LogP contribution in [0.3, 0.4) is 0 Å². The van der Waals surface area contributed by atoms with E-state index in [1.165, 1.54) is 6.26 Å². The Balaban J connectivity index is 1.55. The summed E-state index contributed by atoms with van der Waals surface area (Å²) in [6.45, 7) is 2.10. The van der Waals surface area contributed by atoms with Crippen molar-refractivity contribution < 1.29 is 17.9 Å². The maximum absolute atomic E-state index is 12.2. The second-order valence-corrected chi connectivity index (χ2v) is 14.0. The van der Waals surface area contributed by atoms with E-state index < -0.39 is 9.84 Å². The van der Waals surface area contributed by atoms with Crippen LogP contribution in [0.15, 0.2) is 124 Å². The first-order valence-corrected chi connectivity index (χ1v) is 17.1. The predicted molar refractivity (Wildman–Crippen MR) is 182 cm³/mol. The molecule has 8 heteroatoms. The van der Waals surface area contributed by atoms with Gasteiger partial charge in [0, 0.05) is 27.0 Å². The van der Waals surface area contributed by atoms with Crippen LogP contribution in [0.5, 0.6) is 11.5 Å². The normalized spacial score (nSPS) is 12.5. The number of rotatable bonds is 6. The maximum atomic E-state index is 12.2. The minimum absolute atomic E-state index is 0.266. The van der Waals surface area contributed by atoms with E-state index >= 15 is 0 Å². The van der Waals surface area contributed by atoms with Gasteiger partial charge in [-0.25, -0.2) is 13.4 Å².